The molecule has 0 saturated carbocycles. The molecule has 1 atom stereocenters. The van der Waals surface area contributed by atoms with Gasteiger partial charge in [0, 0.05) is 75.1 Å². The second-order valence-corrected chi connectivity index (χ2v) is 22.3. The molecule has 7 aromatic carbocycles. The highest BCUT2D eigenvalue weighted by molar-refractivity contribution is 7.99. The standard InChI is InChI=1S/C36H31N2O6P.C18H22NO2PS/c1-24-12-14-26(15-13-24)38(20-21-45(40,41)42)28-16-18-31-34(23-28)43-33-19-17-27(37(2)25-8-4-3-5-9-25)22-32(33)36(31)30-11-7-6-10-29(30)35(39)44-36;1-22(20,21)13-6-2-3-8-14-9-7-12-17-18(14)19-15-10-4-5-11-16(15)23-17/h3-19,22-23H,20-21H2,1-2H3,(H2,40,41,42);4-5,7,9-12,19-21H,1-3,6,8,13H2. The molecule has 1 spiro atoms. The average Bonchev–Trinajstić information content (AvgIpc) is 3.62. The average molecular weight is 966 g/mol. The zero-order valence-electron chi connectivity index (χ0n) is 37.8. The van der Waals surface area contributed by atoms with Gasteiger partial charge in [-0.15, -0.1) is 0 Å². The van der Waals surface area contributed by atoms with Crippen molar-refractivity contribution in [1.29, 1.82) is 0 Å². The Morgan fingerprint density at radius 3 is 2.15 bits per heavy atom. The highest BCUT2D eigenvalue weighted by Crippen LogP contribution is 2.57. The van der Waals surface area contributed by atoms with Crippen molar-refractivity contribution in [1.82, 2.24) is 0 Å². The first-order chi connectivity index (χ1) is 32.7. The highest BCUT2D eigenvalue weighted by atomic mass is 32.2. The van der Waals surface area contributed by atoms with Crippen LogP contribution in [0.25, 0.3) is 0 Å². The molecule has 0 saturated heterocycles. The van der Waals surface area contributed by atoms with E-state index in [9.17, 15) is 28.9 Å². The summed E-state index contributed by atoms with van der Waals surface area (Å²) < 4.78 is 24.8. The van der Waals surface area contributed by atoms with Gasteiger partial charge in [-0.05, 0) is 111 Å². The van der Waals surface area contributed by atoms with Crippen LogP contribution in [0.2, 0.25) is 0 Å². The van der Waals surface area contributed by atoms with Gasteiger partial charge in [-0.25, -0.2) is 4.79 Å². The molecule has 0 aromatic heterocycles. The number of ether oxygens (including phenoxy) is 2. The Labute approximate surface area is 401 Å². The summed E-state index contributed by atoms with van der Waals surface area (Å²) in [6, 6.07) is 51.5. The van der Waals surface area contributed by atoms with Crippen LogP contribution in [0.1, 0.15) is 57.4 Å². The van der Waals surface area contributed by atoms with Crippen molar-refractivity contribution >= 4 is 73.1 Å². The zero-order valence-corrected chi connectivity index (χ0v) is 40.4. The molecule has 7 aromatic rings. The summed E-state index contributed by atoms with van der Waals surface area (Å²) in [7, 11) is -5.14. The molecule has 0 bridgehead atoms. The van der Waals surface area contributed by atoms with Crippen molar-refractivity contribution in [3.8, 4) is 11.5 Å². The Bertz CT molecular complexity index is 3090. The number of nitrogens with zero attached hydrogens (tertiary/aromatic N) is 2. The van der Waals surface area contributed by atoms with Crippen LogP contribution in [0.3, 0.4) is 0 Å². The summed E-state index contributed by atoms with van der Waals surface area (Å²) in [5.74, 6) is 0.617. The minimum Gasteiger partial charge on any atom is -0.456 e. The van der Waals surface area contributed by atoms with Crippen LogP contribution >= 0.6 is 26.7 Å². The Morgan fingerprint density at radius 2 is 1.37 bits per heavy atom. The molecule has 14 heteroatoms. The van der Waals surface area contributed by atoms with Crippen molar-refractivity contribution in [2.45, 2.75) is 48.0 Å². The van der Waals surface area contributed by atoms with Crippen molar-refractivity contribution in [2.75, 3.05) is 41.0 Å². The maximum Gasteiger partial charge on any atom is 0.340 e. The zero-order chi connectivity index (χ0) is 47.6. The summed E-state index contributed by atoms with van der Waals surface area (Å²) in [6.45, 7) is 2.07. The number of benzene rings is 7. The summed E-state index contributed by atoms with van der Waals surface area (Å²) in [4.78, 5) is 57.9. The van der Waals surface area contributed by atoms with Crippen LogP contribution in [-0.2, 0) is 21.3 Å². The van der Waals surface area contributed by atoms with Gasteiger partial charge in [-0.1, -0.05) is 103 Å². The number of anilines is 6. The third-order valence-corrected chi connectivity index (χ3v) is 15.4. The van der Waals surface area contributed by atoms with Crippen LogP contribution in [0.4, 0.5) is 34.1 Å². The van der Waals surface area contributed by atoms with E-state index in [2.05, 4.69) is 59.0 Å². The fraction of sp³-hybridized carbons (Fsp3) is 0.185. The normalized spacial score (nSPS) is 15.2. The van der Waals surface area contributed by atoms with Gasteiger partial charge in [-0.3, -0.25) is 4.57 Å². The van der Waals surface area contributed by atoms with E-state index in [0.29, 0.717) is 40.0 Å². The van der Waals surface area contributed by atoms with E-state index < -0.39 is 26.5 Å². The van der Waals surface area contributed by atoms with E-state index in [4.69, 9.17) is 9.47 Å². The largest absolute Gasteiger partial charge is 0.456 e. The highest BCUT2D eigenvalue weighted by Gasteiger charge is 2.53. The number of hydrogen-bond acceptors (Lipinski definition) is 10. The predicted molar refractivity (Wildman–Crippen MR) is 275 cm³/mol. The van der Waals surface area contributed by atoms with E-state index in [1.54, 1.807) is 6.07 Å². The monoisotopic (exact) mass is 965 g/mol. The van der Waals surface area contributed by atoms with Gasteiger partial charge in [0.25, 0.3) is 0 Å². The lowest BCUT2D eigenvalue weighted by Crippen LogP contribution is -2.33. The summed E-state index contributed by atoms with van der Waals surface area (Å²) in [6.07, 6.45) is 7.38. The fourth-order valence-electron chi connectivity index (χ4n) is 8.97. The van der Waals surface area contributed by atoms with Crippen molar-refractivity contribution in [3.05, 3.63) is 191 Å². The van der Waals surface area contributed by atoms with Crippen LogP contribution in [0.5, 0.6) is 11.5 Å². The van der Waals surface area contributed by atoms with Gasteiger partial charge in [0.1, 0.15) is 18.8 Å². The molecular formula is C54H53N3O8P2S. The minimum absolute atomic E-state index is 0.0842. The quantitative estimate of drug-likeness (QED) is 0.0425. The predicted octanol–water partition coefficient (Wildman–Crippen LogP) is 12.5. The molecule has 10 rings (SSSR count). The van der Waals surface area contributed by atoms with Crippen molar-refractivity contribution in [3.63, 3.8) is 0 Å². The summed E-state index contributed by atoms with van der Waals surface area (Å²) >= 11 is 1.81. The SMILES string of the molecule is C=P(O)(O)CCCCCc1cccc2c1Nc1ccccc1S2.Cc1ccc(N(CCP(=O)(O)O)c2ccc3c(c2)Oc2ccc(N(C)c4ccccc4)cc2C32OC(=O)c3ccccc32)cc1. The molecule has 5 N–H and O–H groups in total. The Morgan fingerprint density at radius 1 is 0.662 bits per heavy atom. The van der Waals surface area contributed by atoms with E-state index in [0.717, 1.165) is 53.9 Å². The molecule has 0 fully saturated rings. The van der Waals surface area contributed by atoms with Gasteiger partial charge in [0.15, 0.2) is 5.60 Å². The second kappa shape index (κ2) is 19.5. The molecule has 68 heavy (non-hydrogen) atoms. The third-order valence-electron chi connectivity index (χ3n) is 12.4. The molecular weight excluding hydrogens is 913 g/mol. The molecule has 0 radical (unpaired) electrons. The molecule has 3 aliphatic heterocycles. The Kier molecular flexibility index (Phi) is 13.5. The maximum atomic E-state index is 13.4. The lowest BCUT2D eigenvalue weighted by Gasteiger charge is -2.38. The maximum absolute atomic E-state index is 13.4. The van der Waals surface area contributed by atoms with Crippen LogP contribution < -0.4 is 19.9 Å². The van der Waals surface area contributed by atoms with Crippen LogP contribution in [0, 0.1) is 6.92 Å². The molecule has 1 unspecified atom stereocenters. The number of carbonyl (C=O) groups excluding carboxylic acids is 1. The number of hydrogen-bond donors (Lipinski definition) is 5. The van der Waals surface area contributed by atoms with Gasteiger partial charge >= 0.3 is 13.6 Å². The molecule has 0 amide bonds. The van der Waals surface area contributed by atoms with Crippen LogP contribution in [0.15, 0.2) is 168 Å². The van der Waals surface area contributed by atoms with Gasteiger partial charge in [0.05, 0.1) is 23.1 Å². The number of fused-ring (bicyclic) bond motifs is 8. The van der Waals surface area contributed by atoms with E-state index >= 15 is 0 Å². The lowest BCUT2D eigenvalue weighted by atomic mass is 9.77. The lowest BCUT2D eigenvalue weighted by molar-refractivity contribution is 0.0224. The van der Waals surface area contributed by atoms with Crippen LogP contribution in [-0.4, -0.2) is 57.8 Å². The van der Waals surface area contributed by atoms with E-state index in [1.807, 2.05) is 140 Å². The molecule has 3 aliphatic rings. The Balaban J connectivity index is 0.000000211. The smallest absolute Gasteiger partial charge is 0.340 e. The topological polar surface area (TPSA) is 152 Å². The molecule has 3 heterocycles. The molecule has 0 aliphatic carbocycles. The number of unbranched alkanes of at least 4 members (excludes halogenated alkanes) is 2. The third kappa shape index (κ3) is 10.0. The number of rotatable bonds is 13. The summed E-state index contributed by atoms with van der Waals surface area (Å²) in [5.41, 5.74) is 9.48. The van der Waals surface area contributed by atoms with E-state index in [-0.39, 0.29) is 12.7 Å². The van der Waals surface area contributed by atoms with Gasteiger partial charge < -0.3 is 44.2 Å². The molecule has 11 nitrogen and oxygen atoms in total. The minimum atomic E-state index is -4.27. The number of carbonyl (C=O) groups is 1. The first kappa shape index (κ1) is 47.0. The second-order valence-electron chi connectivity index (χ2n) is 17.3. The van der Waals surface area contributed by atoms with Gasteiger partial charge in [0.2, 0.25) is 0 Å². The number of esters is 1. The number of aryl methyl sites for hydroxylation is 2. The van der Waals surface area contributed by atoms with Crippen molar-refractivity contribution < 1.29 is 38.4 Å². The van der Waals surface area contributed by atoms with Gasteiger partial charge in [-0.2, -0.15) is 0 Å². The first-order valence-corrected chi connectivity index (χ1v) is 27.2. The number of nitrogens with one attached hydrogen (secondary N) is 1. The first-order valence-electron chi connectivity index (χ1n) is 22.5. The summed E-state index contributed by atoms with van der Waals surface area (Å²) in [5, 5.41) is 3.57. The number of para-hydroxylation sites is 3. The molecule has 348 valence electrons. The fourth-order valence-corrected chi connectivity index (χ4v) is 11.2. The Hall–Kier alpha value is -6.07. The van der Waals surface area contributed by atoms with Crippen molar-refractivity contribution in [2.24, 2.45) is 0 Å². The van der Waals surface area contributed by atoms with E-state index in [1.165, 1.54) is 26.7 Å².